The Morgan fingerprint density at radius 3 is 2.36 bits per heavy atom. The van der Waals surface area contributed by atoms with Crippen molar-refractivity contribution in [3.63, 3.8) is 0 Å². The molecule has 0 spiro atoms. The van der Waals surface area contributed by atoms with Gasteiger partial charge >= 0.3 is 0 Å². The number of benzene rings is 2. The third-order valence-corrected chi connectivity index (χ3v) is 4.75. The molecule has 0 aliphatic heterocycles. The average Bonchev–Trinajstić information content (AvgIpc) is 2.49. The van der Waals surface area contributed by atoms with E-state index in [4.69, 9.17) is 4.74 Å². The largest absolute Gasteiger partial charge is 0.489 e. The molecule has 0 saturated carbocycles. The molecule has 0 bridgehead atoms. The number of nitrogens with one attached hydrogen (secondary N) is 1. The summed E-state index contributed by atoms with van der Waals surface area (Å²) < 4.78 is 33.3. The minimum atomic E-state index is -3.63. The van der Waals surface area contributed by atoms with Gasteiger partial charge in [0.1, 0.15) is 5.75 Å². The van der Waals surface area contributed by atoms with Crippen molar-refractivity contribution in [1.29, 1.82) is 0 Å². The predicted octanol–water partition coefficient (Wildman–Crippen LogP) is 3.97. The Hall–Kier alpha value is -2.01. The van der Waals surface area contributed by atoms with Gasteiger partial charge in [0.25, 0.3) is 10.0 Å². The summed E-state index contributed by atoms with van der Waals surface area (Å²) in [4.78, 5) is 0.233. The van der Waals surface area contributed by atoms with Crippen molar-refractivity contribution < 1.29 is 13.2 Å². The fourth-order valence-corrected chi connectivity index (χ4v) is 2.95. The van der Waals surface area contributed by atoms with Crippen LogP contribution in [0.3, 0.4) is 0 Å². The normalized spacial score (nSPS) is 12.7. The first kappa shape index (κ1) is 16.4. The number of anilines is 1. The van der Waals surface area contributed by atoms with Gasteiger partial charge in [0, 0.05) is 0 Å². The van der Waals surface area contributed by atoms with Gasteiger partial charge in [-0.25, -0.2) is 8.42 Å². The molecule has 0 radical (unpaired) electrons. The molecule has 5 heteroatoms. The van der Waals surface area contributed by atoms with Crippen LogP contribution in [-0.2, 0) is 10.0 Å². The van der Waals surface area contributed by atoms with E-state index in [1.54, 1.807) is 42.5 Å². The first-order chi connectivity index (χ1) is 10.4. The van der Waals surface area contributed by atoms with Gasteiger partial charge in [0.15, 0.2) is 0 Å². The lowest BCUT2D eigenvalue weighted by Gasteiger charge is -2.17. The molecule has 2 aromatic carbocycles. The zero-order valence-corrected chi connectivity index (χ0v) is 13.9. The summed E-state index contributed by atoms with van der Waals surface area (Å²) in [6, 6.07) is 13.8. The number of hydrogen-bond acceptors (Lipinski definition) is 3. The summed E-state index contributed by atoms with van der Waals surface area (Å²) in [6.07, 6.45) is 0.865. The Balaban J connectivity index is 2.28. The highest BCUT2D eigenvalue weighted by Gasteiger charge is 2.16. The first-order valence-electron chi connectivity index (χ1n) is 7.27. The van der Waals surface area contributed by atoms with Crippen molar-refractivity contribution in [3.05, 3.63) is 54.1 Å². The van der Waals surface area contributed by atoms with Gasteiger partial charge in [-0.1, -0.05) is 36.8 Å². The quantitative estimate of drug-likeness (QED) is 0.876. The van der Waals surface area contributed by atoms with E-state index in [-0.39, 0.29) is 11.0 Å². The van der Waals surface area contributed by atoms with E-state index in [1.165, 1.54) is 0 Å². The molecule has 0 heterocycles. The molecule has 0 aliphatic rings. The second kappa shape index (κ2) is 6.83. The van der Waals surface area contributed by atoms with Crippen LogP contribution in [0.25, 0.3) is 0 Å². The number of aryl methyl sites for hydroxylation is 1. The fourth-order valence-electron chi connectivity index (χ4n) is 1.87. The lowest BCUT2D eigenvalue weighted by Crippen LogP contribution is -2.16. The zero-order valence-electron chi connectivity index (χ0n) is 13.0. The highest BCUT2D eigenvalue weighted by atomic mass is 32.2. The average molecular weight is 319 g/mol. The molecule has 0 aromatic heterocycles. The van der Waals surface area contributed by atoms with Crippen LogP contribution in [-0.4, -0.2) is 14.5 Å². The maximum Gasteiger partial charge on any atom is 0.262 e. The van der Waals surface area contributed by atoms with Crippen LogP contribution in [0.15, 0.2) is 53.4 Å². The third-order valence-electron chi connectivity index (χ3n) is 3.37. The number of sulfonamides is 1. The van der Waals surface area contributed by atoms with Crippen LogP contribution < -0.4 is 9.46 Å². The van der Waals surface area contributed by atoms with E-state index in [2.05, 4.69) is 4.72 Å². The molecular weight excluding hydrogens is 298 g/mol. The van der Waals surface area contributed by atoms with Crippen LogP contribution in [0, 0.1) is 6.92 Å². The smallest absolute Gasteiger partial charge is 0.262 e. The summed E-state index contributed by atoms with van der Waals surface area (Å²) >= 11 is 0. The lowest BCUT2D eigenvalue weighted by atomic mass is 10.2. The summed E-state index contributed by atoms with van der Waals surface area (Å²) in [5.41, 5.74) is 1.46. The molecule has 2 aromatic rings. The summed E-state index contributed by atoms with van der Waals surface area (Å²) in [5.74, 6) is 0.535. The second-order valence-electron chi connectivity index (χ2n) is 5.25. The Bertz CT molecular complexity index is 724. The van der Waals surface area contributed by atoms with Crippen LogP contribution in [0.5, 0.6) is 5.75 Å². The Labute approximate surface area is 132 Å². The van der Waals surface area contributed by atoms with Crippen molar-refractivity contribution >= 4 is 15.7 Å². The molecule has 4 nitrogen and oxygen atoms in total. The highest BCUT2D eigenvalue weighted by molar-refractivity contribution is 7.92. The maximum atomic E-state index is 12.5. The molecule has 0 fully saturated rings. The summed E-state index contributed by atoms with van der Waals surface area (Å²) in [5, 5.41) is 0. The number of para-hydroxylation sites is 2. The van der Waals surface area contributed by atoms with Crippen LogP contribution in [0.2, 0.25) is 0 Å². The van der Waals surface area contributed by atoms with E-state index >= 15 is 0 Å². The number of ether oxygens (including phenoxy) is 1. The first-order valence-corrected chi connectivity index (χ1v) is 8.76. The second-order valence-corrected chi connectivity index (χ2v) is 6.93. The molecule has 0 aliphatic carbocycles. The molecule has 22 heavy (non-hydrogen) atoms. The van der Waals surface area contributed by atoms with Crippen molar-refractivity contribution in [3.8, 4) is 5.75 Å². The molecular formula is C17H21NO3S. The summed E-state index contributed by atoms with van der Waals surface area (Å²) in [7, 11) is -3.63. The predicted molar refractivity (Wildman–Crippen MR) is 88.8 cm³/mol. The van der Waals surface area contributed by atoms with Gasteiger partial charge in [-0.15, -0.1) is 0 Å². The number of hydrogen-bond donors (Lipinski definition) is 1. The molecule has 0 saturated heterocycles. The lowest BCUT2D eigenvalue weighted by molar-refractivity contribution is 0.218. The summed E-state index contributed by atoms with van der Waals surface area (Å²) in [6.45, 7) is 5.88. The van der Waals surface area contributed by atoms with Gasteiger partial charge < -0.3 is 4.74 Å². The standard InChI is InChI=1S/C17H21NO3S/c1-4-14(3)21-17-8-6-5-7-16(17)18-22(19,20)15-11-9-13(2)10-12-15/h5-12,14,18H,4H2,1-3H3. The Kier molecular flexibility index (Phi) is 5.08. The molecule has 118 valence electrons. The van der Waals surface area contributed by atoms with E-state index < -0.39 is 10.0 Å². The van der Waals surface area contributed by atoms with Crippen LogP contribution >= 0.6 is 0 Å². The topological polar surface area (TPSA) is 55.4 Å². The molecule has 1 N–H and O–H groups in total. The van der Waals surface area contributed by atoms with Crippen LogP contribution in [0.4, 0.5) is 5.69 Å². The minimum absolute atomic E-state index is 0.0185. The molecule has 0 amide bonds. The van der Waals surface area contributed by atoms with Crippen molar-refractivity contribution in [1.82, 2.24) is 0 Å². The Morgan fingerprint density at radius 2 is 1.73 bits per heavy atom. The third kappa shape index (κ3) is 4.01. The van der Waals surface area contributed by atoms with E-state index in [0.29, 0.717) is 11.4 Å². The van der Waals surface area contributed by atoms with Crippen molar-refractivity contribution in [2.45, 2.75) is 38.2 Å². The highest BCUT2D eigenvalue weighted by Crippen LogP contribution is 2.27. The van der Waals surface area contributed by atoms with E-state index in [0.717, 1.165) is 12.0 Å². The van der Waals surface area contributed by atoms with E-state index in [1.807, 2.05) is 26.8 Å². The molecule has 1 unspecified atom stereocenters. The molecule has 2 rings (SSSR count). The minimum Gasteiger partial charge on any atom is -0.489 e. The van der Waals surface area contributed by atoms with Gasteiger partial charge in [-0.2, -0.15) is 0 Å². The zero-order chi connectivity index (χ0) is 16.2. The van der Waals surface area contributed by atoms with E-state index in [9.17, 15) is 8.42 Å². The molecule has 1 atom stereocenters. The SMILES string of the molecule is CCC(C)Oc1ccccc1NS(=O)(=O)c1ccc(C)cc1. The van der Waals surface area contributed by atoms with Crippen LogP contribution in [0.1, 0.15) is 25.8 Å². The van der Waals surface area contributed by atoms with Gasteiger partial charge in [0.05, 0.1) is 16.7 Å². The van der Waals surface area contributed by atoms with Gasteiger partial charge in [0.2, 0.25) is 0 Å². The maximum absolute atomic E-state index is 12.5. The van der Waals surface area contributed by atoms with Crippen molar-refractivity contribution in [2.24, 2.45) is 0 Å². The van der Waals surface area contributed by atoms with Crippen molar-refractivity contribution in [2.75, 3.05) is 4.72 Å². The monoisotopic (exact) mass is 319 g/mol. The van der Waals surface area contributed by atoms with Gasteiger partial charge in [-0.3, -0.25) is 4.72 Å². The Morgan fingerprint density at radius 1 is 1.09 bits per heavy atom. The fraction of sp³-hybridized carbons (Fsp3) is 0.294. The van der Waals surface area contributed by atoms with Gasteiger partial charge in [-0.05, 0) is 44.5 Å². The number of rotatable bonds is 6.